The second-order valence-corrected chi connectivity index (χ2v) is 13.6. The number of amides is 1. The second kappa shape index (κ2) is 12.1. The Kier molecular flexibility index (Phi) is 8.97. The van der Waals surface area contributed by atoms with Crippen LogP contribution in [0.15, 0.2) is 48.7 Å². The number of piperidine rings is 1. The van der Waals surface area contributed by atoms with E-state index in [9.17, 15) is 18.5 Å². The highest BCUT2D eigenvalue weighted by atomic mass is 35.5. The van der Waals surface area contributed by atoms with Crippen molar-refractivity contribution in [2.45, 2.75) is 39.5 Å². The number of benzene rings is 2. The molecule has 5 nitrogen and oxygen atoms in total. The molecule has 10 heteroatoms. The van der Waals surface area contributed by atoms with Crippen molar-refractivity contribution in [1.82, 2.24) is 4.98 Å². The summed E-state index contributed by atoms with van der Waals surface area (Å²) in [7, 11) is -2.74. The highest BCUT2D eigenvalue weighted by Gasteiger charge is 2.34. The molecule has 1 amide bonds. The van der Waals surface area contributed by atoms with Crippen molar-refractivity contribution in [3.63, 3.8) is 0 Å². The fraction of sp³-hybridized carbons (Fsp3) is 0.345. The van der Waals surface area contributed by atoms with E-state index in [1.165, 1.54) is 6.20 Å². The molecule has 0 radical (unpaired) electrons. The van der Waals surface area contributed by atoms with Gasteiger partial charge in [-0.3, -0.25) is 14.6 Å². The number of carbonyl (C=O) groups is 2. The molecule has 0 spiro atoms. The summed E-state index contributed by atoms with van der Waals surface area (Å²) in [6.45, 7) is 3.76. The lowest BCUT2D eigenvalue weighted by molar-refractivity contribution is -0.128. The zero-order chi connectivity index (χ0) is 28.3. The number of nitrogens with zero attached hydrogens (tertiary/aromatic N) is 2. The molecule has 206 valence electrons. The first-order chi connectivity index (χ1) is 18.6. The first kappa shape index (κ1) is 29.0. The van der Waals surface area contributed by atoms with Gasteiger partial charge in [0.15, 0.2) is 11.6 Å². The van der Waals surface area contributed by atoms with Crippen LogP contribution in [0.25, 0.3) is 11.1 Å². The lowest BCUT2D eigenvalue weighted by atomic mass is 9.90. The number of carbonyl (C=O) groups excluding carboxylic acids is 2. The van der Waals surface area contributed by atoms with Crippen molar-refractivity contribution in [2.24, 2.45) is 5.92 Å². The number of hydrogen-bond donors (Lipinski definition) is 0. The van der Waals surface area contributed by atoms with E-state index in [-0.39, 0.29) is 35.7 Å². The Morgan fingerprint density at radius 2 is 1.74 bits per heavy atom. The van der Waals surface area contributed by atoms with Gasteiger partial charge in [0.05, 0.1) is 17.1 Å². The van der Waals surface area contributed by atoms with Crippen LogP contribution in [0.5, 0.6) is 0 Å². The lowest BCUT2D eigenvalue weighted by Gasteiger charge is -2.32. The number of ketones is 1. The van der Waals surface area contributed by atoms with Gasteiger partial charge in [-0.15, -0.1) is 0 Å². The zero-order valence-electron chi connectivity index (χ0n) is 21.7. The van der Waals surface area contributed by atoms with Crippen molar-refractivity contribution < 1.29 is 27.3 Å². The first-order valence-electron chi connectivity index (χ1n) is 12.9. The van der Waals surface area contributed by atoms with E-state index in [4.69, 9.17) is 11.6 Å². The highest BCUT2D eigenvalue weighted by Crippen LogP contribution is 2.46. The summed E-state index contributed by atoms with van der Waals surface area (Å²) >= 11 is 5.70. The Hall–Kier alpha value is -2.96. The lowest BCUT2D eigenvalue weighted by Crippen LogP contribution is -2.43. The number of Topliss-reactive ketones (excluding diaryl/α,β-unsaturated/α-hetero) is 1. The van der Waals surface area contributed by atoms with Crippen LogP contribution in [0.2, 0.25) is 5.02 Å². The number of halogens is 4. The molecule has 1 aliphatic heterocycles. The predicted molar refractivity (Wildman–Crippen MR) is 148 cm³/mol. The van der Waals surface area contributed by atoms with Crippen LogP contribution in [0.1, 0.15) is 38.8 Å². The molecule has 39 heavy (non-hydrogen) atoms. The molecule has 3 aromatic rings. The normalized spacial score (nSPS) is 16.0. The third kappa shape index (κ3) is 6.12. The smallest absolute Gasteiger partial charge is 0.230 e. The summed E-state index contributed by atoms with van der Waals surface area (Å²) in [6.07, 6.45) is 2.38. The molecular formula is C29H29ClF3N2O3P. The number of hydrogen-bond acceptors (Lipinski definition) is 4. The maximum absolute atomic E-state index is 15.5. The Labute approximate surface area is 230 Å². The minimum Gasteiger partial charge on any atom is -0.319 e. The molecule has 0 unspecified atom stereocenters. The quantitative estimate of drug-likeness (QED) is 0.263. The molecule has 0 aliphatic carbocycles. The van der Waals surface area contributed by atoms with Gasteiger partial charge < -0.3 is 9.46 Å². The molecule has 0 bridgehead atoms. The van der Waals surface area contributed by atoms with Gasteiger partial charge in [-0.25, -0.2) is 13.2 Å². The molecule has 2 aromatic carbocycles. The summed E-state index contributed by atoms with van der Waals surface area (Å²) in [6, 6.07) is 10.3. The van der Waals surface area contributed by atoms with Gasteiger partial charge in [0.25, 0.3) is 0 Å². The summed E-state index contributed by atoms with van der Waals surface area (Å²) in [5.41, 5.74) is 0.177. The molecule has 1 aromatic heterocycles. The molecule has 2 heterocycles. The van der Waals surface area contributed by atoms with Gasteiger partial charge >= 0.3 is 0 Å². The SMILES string of the molecule is CCP(=O)(CC)c1ccccc1-c1cc(F)c(N2CCC[C@@H](CC(=O)Cc3ncc(Cl)cc3F)C2=O)c(F)c1. The fourth-order valence-electron chi connectivity index (χ4n) is 5.08. The number of pyridine rings is 1. The van der Waals surface area contributed by atoms with Gasteiger partial charge in [-0.1, -0.05) is 49.7 Å². The van der Waals surface area contributed by atoms with Crippen LogP contribution in [0.3, 0.4) is 0 Å². The fourth-order valence-corrected chi connectivity index (χ4v) is 7.36. The van der Waals surface area contributed by atoms with E-state index in [1.54, 1.807) is 24.3 Å². The third-order valence-electron chi connectivity index (χ3n) is 7.23. The summed E-state index contributed by atoms with van der Waals surface area (Å²) in [4.78, 5) is 30.8. The van der Waals surface area contributed by atoms with Crippen LogP contribution in [0, 0.1) is 23.4 Å². The van der Waals surface area contributed by atoms with E-state index in [1.807, 2.05) is 13.8 Å². The molecule has 1 saturated heterocycles. The average Bonchev–Trinajstić information content (AvgIpc) is 2.91. The summed E-state index contributed by atoms with van der Waals surface area (Å²) in [5.74, 6) is -4.32. The minimum absolute atomic E-state index is 0.0758. The average molecular weight is 577 g/mol. The second-order valence-electron chi connectivity index (χ2n) is 9.66. The number of rotatable bonds is 9. The van der Waals surface area contributed by atoms with E-state index in [0.717, 1.165) is 23.1 Å². The zero-order valence-corrected chi connectivity index (χ0v) is 23.4. The molecule has 1 fully saturated rings. The molecule has 1 atom stereocenters. The number of anilines is 1. The van der Waals surface area contributed by atoms with Crippen molar-refractivity contribution in [2.75, 3.05) is 23.8 Å². The van der Waals surface area contributed by atoms with Crippen molar-refractivity contribution >= 4 is 41.4 Å². The van der Waals surface area contributed by atoms with Crippen molar-refractivity contribution in [1.29, 1.82) is 0 Å². The van der Waals surface area contributed by atoms with Crippen LogP contribution in [-0.4, -0.2) is 35.5 Å². The predicted octanol–water partition coefficient (Wildman–Crippen LogP) is 6.79. The Morgan fingerprint density at radius 1 is 1.08 bits per heavy atom. The Bertz CT molecular complexity index is 1430. The Balaban J connectivity index is 1.58. The van der Waals surface area contributed by atoms with Crippen molar-refractivity contribution in [3.8, 4) is 11.1 Å². The molecule has 1 aliphatic rings. The molecule has 0 saturated carbocycles. The standard InChI is InChI=1S/C29H29ClF3N2O3P/c1-3-39(38,4-2)27-10-6-5-9-22(27)19-13-24(32)28(25(33)14-19)35-11-7-8-18(29(35)37)12-21(36)16-26-23(31)15-20(30)17-34-26/h5-6,9-10,13-15,17-18H,3-4,7-8,11-12,16H2,1-2H3/t18-/m0/s1. The van der Waals surface area contributed by atoms with Gasteiger partial charge in [0.1, 0.15) is 24.4 Å². The number of aromatic nitrogens is 1. The van der Waals surface area contributed by atoms with Crippen LogP contribution in [0.4, 0.5) is 18.9 Å². The largest absolute Gasteiger partial charge is 0.319 e. The molecule has 4 rings (SSSR count). The maximum atomic E-state index is 15.5. The highest BCUT2D eigenvalue weighted by molar-refractivity contribution is 7.71. The van der Waals surface area contributed by atoms with E-state index in [2.05, 4.69) is 4.98 Å². The topological polar surface area (TPSA) is 67.3 Å². The van der Waals surface area contributed by atoms with E-state index >= 15 is 8.78 Å². The van der Waals surface area contributed by atoms with Crippen molar-refractivity contribution in [3.05, 3.63) is 76.8 Å². The first-order valence-corrected chi connectivity index (χ1v) is 15.3. The minimum atomic E-state index is -2.74. The van der Waals surface area contributed by atoms with Gasteiger partial charge in [-0.05, 0) is 42.2 Å². The van der Waals surface area contributed by atoms with Gasteiger partial charge in [0.2, 0.25) is 5.91 Å². The van der Waals surface area contributed by atoms with E-state index in [0.29, 0.717) is 36.0 Å². The van der Waals surface area contributed by atoms with Crippen LogP contribution >= 0.6 is 18.7 Å². The van der Waals surface area contributed by atoms with Crippen LogP contribution < -0.4 is 10.2 Å². The monoisotopic (exact) mass is 576 g/mol. The third-order valence-corrected chi connectivity index (χ3v) is 10.8. The molecular weight excluding hydrogens is 548 g/mol. The Morgan fingerprint density at radius 3 is 2.38 bits per heavy atom. The molecule has 0 N–H and O–H groups in total. The van der Waals surface area contributed by atoms with E-state index < -0.39 is 47.9 Å². The van der Waals surface area contributed by atoms with Crippen LogP contribution in [-0.2, 0) is 20.6 Å². The van der Waals surface area contributed by atoms with Gasteiger partial charge in [0, 0.05) is 42.7 Å². The summed E-state index contributed by atoms with van der Waals surface area (Å²) < 4.78 is 58.4. The maximum Gasteiger partial charge on any atom is 0.230 e. The summed E-state index contributed by atoms with van der Waals surface area (Å²) in [5, 5.41) is 0.672. The van der Waals surface area contributed by atoms with Gasteiger partial charge in [-0.2, -0.15) is 0 Å².